The molecule has 2 aromatic carbocycles. The van der Waals surface area contributed by atoms with Gasteiger partial charge in [0.2, 0.25) is 0 Å². The Balaban J connectivity index is 2.23. The van der Waals surface area contributed by atoms with Crippen LogP contribution in [-0.4, -0.2) is 9.55 Å². The number of halogens is 2. The van der Waals surface area contributed by atoms with Crippen molar-refractivity contribution < 1.29 is 0 Å². The zero-order valence-electron chi connectivity index (χ0n) is 10.7. The summed E-state index contributed by atoms with van der Waals surface area (Å²) < 4.78 is 2.16. The van der Waals surface area contributed by atoms with Crippen molar-refractivity contribution in [2.75, 3.05) is 0 Å². The molecule has 0 fully saturated rings. The summed E-state index contributed by atoms with van der Waals surface area (Å²) >= 11 is 12.1. The smallest absolute Gasteiger partial charge is 0.0887 e. The first-order chi connectivity index (χ1) is 9.63. The summed E-state index contributed by atoms with van der Waals surface area (Å²) in [6.45, 7) is 0. The number of nitrogens with zero attached hydrogens (tertiary/aromatic N) is 2. The molecular formula is C16H10Cl2N2. The van der Waals surface area contributed by atoms with Gasteiger partial charge in [-0.1, -0.05) is 23.2 Å². The van der Waals surface area contributed by atoms with Gasteiger partial charge in [-0.25, -0.2) is 4.98 Å². The van der Waals surface area contributed by atoms with Gasteiger partial charge >= 0.3 is 0 Å². The van der Waals surface area contributed by atoms with Gasteiger partial charge in [-0.2, -0.15) is 0 Å². The zero-order chi connectivity index (χ0) is 13.9. The fourth-order valence-electron chi connectivity index (χ4n) is 2.79. The van der Waals surface area contributed by atoms with Crippen molar-refractivity contribution in [1.82, 2.24) is 9.55 Å². The second-order valence-electron chi connectivity index (χ2n) is 4.91. The molecule has 0 bridgehead atoms. The Morgan fingerprint density at radius 1 is 0.950 bits per heavy atom. The topological polar surface area (TPSA) is 17.8 Å². The van der Waals surface area contributed by atoms with E-state index < -0.39 is 0 Å². The van der Waals surface area contributed by atoms with Crippen molar-refractivity contribution in [3.63, 3.8) is 0 Å². The summed E-state index contributed by atoms with van der Waals surface area (Å²) in [5.41, 5.74) is 4.13. The SMILES string of the molecule is Cn1c2c3ccc(Cl)cc3nc-2cc2cc(Cl)ccc21. The molecule has 0 N–H and O–H groups in total. The van der Waals surface area contributed by atoms with Crippen molar-refractivity contribution >= 4 is 45.0 Å². The van der Waals surface area contributed by atoms with Crippen LogP contribution in [0.1, 0.15) is 0 Å². The molecule has 20 heavy (non-hydrogen) atoms. The number of fused-ring (bicyclic) bond motifs is 4. The first-order valence-electron chi connectivity index (χ1n) is 6.27. The Labute approximate surface area is 125 Å². The minimum Gasteiger partial charge on any atom is -0.342 e. The first-order valence-corrected chi connectivity index (χ1v) is 7.03. The van der Waals surface area contributed by atoms with Gasteiger partial charge in [-0.3, -0.25) is 0 Å². The molecule has 0 unspecified atom stereocenters. The lowest BCUT2D eigenvalue weighted by Gasteiger charge is -2.12. The lowest BCUT2D eigenvalue weighted by molar-refractivity contribution is 0.967. The molecule has 4 heteroatoms. The van der Waals surface area contributed by atoms with E-state index >= 15 is 0 Å². The highest BCUT2D eigenvalue weighted by molar-refractivity contribution is 6.31. The van der Waals surface area contributed by atoms with Gasteiger partial charge in [0, 0.05) is 33.4 Å². The van der Waals surface area contributed by atoms with Crippen molar-refractivity contribution in [2.24, 2.45) is 7.05 Å². The quantitative estimate of drug-likeness (QED) is 0.440. The summed E-state index contributed by atoms with van der Waals surface area (Å²) in [5, 5.41) is 3.64. The minimum absolute atomic E-state index is 0.704. The van der Waals surface area contributed by atoms with Crippen LogP contribution >= 0.6 is 23.2 Å². The van der Waals surface area contributed by atoms with Gasteiger partial charge in [0.15, 0.2) is 0 Å². The predicted octanol–water partition coefficient (Wildman–Crippen LogP) is 5.14. The van der Waals surface area contributed by atoms with E-state index in [2.05, 4.69) is 15.6 Å². The normalized spacial score (nSPS) is 11.8. The van der Waals surface area contributed by atoms with Crippen molar-refractivity contribution in [3.05, 3.63) is 52.5 Å². The first kappa shape index (κ1) is 12.0. The maximum absolute atomic E-state index is 6.07. The highest BCUT2D eigenvalue weighted by Gasteiger charge is 2.16. The van der Waals surface area contributed by atoms with Crippen molar-refractivity contribution in [2.45, 2.75) is 0 Å². The number of pyridine rings is 1. The predicted molar refractivity (Wildman–Crippen MR) is 84.9 cm³/mol. The van der Waals surface area contributed by atoms with Gasteiger partial charge in [0.25, 0.3) is 0 Å². The van der Waals surface area contributed by atoms with Crippen LogP contribution in [0.2, 0.25) is 10.0 Å². The van der Waals surface area contributed by atoms with E-state index in [1.54, 1.807) is 0 Å². The summed E-state index contributed by atoms with van der Waals surface area (Å²) in [6, 6.07) is 13.8. The number of hydrogen-bond acceptors (Lipinski definition) is 1. The second-order valence-corrected chi connectivity index (χ2v) is 5.79. The Kier molecular flexibility index (Phi) is 2.47. The molecule has 0 saturated carbocycles. The van der Waals surface area contributed by atoms with Gasteiger partial charge < -0.3 is 4.57 Å². The van der Waals surface area contributed by atoms with Crippen LogP contribution in [0.4, 0.5) is 0 Å². The lowest BCUT2D eigenvalue weighted by atomic mass is 10.1. The van der Waals surface area contributed by atoms with Crippen molar-refractivity contribution in [1.29, 1.82) is 0 Å². The molecule has 2 aromatic rings. The molecule has 2 nitrogen and oxygen atoms in total. The maximum Gasteiger partial charge on any atom is 0.0887 e. The molecule has 2 aliphatic rings. The second kappa shape index (κ2) is 4.11. The third kappa shape index (κ3) is 1.62. The molecule has 98 valence electrons. The standard InChI is InChI=1S/C16H10Cl2N2/c1-20-15-5-3-10(17)6-9(15)7-14-16(20)12-4-2-11(18)8-13(12)19-14/h2-8H,1H3. The third-order valence-corrected chi connectivity index (χ3v) is 4.15. The molecule has 0 aliphatic carbocycles. The van der Waals surface area contributed by atoms with Crippen molar-refractivity contribution in [3.8, 4) is 11.4 Å². The Morgan fingerprint density at radius 2 is 1.70 bits per heavy atom. The summed E-state index contributed by atoms with van der Waals surface area (Å²) in [7, 11) is 2.05. The van der Waals surface area contributed by atoms with Crippen LogP contribution in [0.25, 0.3) is 33.2 Å². The Bertz CT molecular complexity index is 940. The van der Waals surface area contributed by atoms with E-state index in [4.69, 9.17) is 23.2 Å². The number of rotatable bonds is 0. The van der Waals surface area contributed by atoms with E-state index in [1.165, 1.54) is 0 Å². The average Bonchev–Trinajstić information content (AvgIpc) is 2.75. The molecular weight excluding hydrogens is 291 g/mol. The monoisotopic (exact) mass is 300 g/mol. The zero-order valence-corrected chi connectivity index (χ0v) is 12.2. The van der Waals surface area contributed by atoms with Crippen LogP contribution < -0.4 is 0 Å². The average molecular weight is 301 g/mol. The number of hydrogen-bond donors (Lipinski definition) is 0. The van der Waals surface area contributed by atoms with Crippen LogP contribution in [-0.2, 0) is 7.05 Å². The summed E-state index contributed by atoms with van der Waals surface area (Å²) in [5.74, 6) is 0. The van der Waals surface area contributed by atoms with E-state index in [0.717, 1.165) is 38.2 Å². The molecule has 2 aliphatic heterocycles. The van der Waals surface area contributed by atoms with E-state index in [-0.39, 0.29) is 0 Å². The molecule has 2 heterocycles. The largest absolute Gasteiger partial charge is 0.342 e. The maximum atomic E-state index is 6.07. The van der Waals surface area contributed by atoms with Crippen LogP contribution in [0.3, 0.4) is 0 Å². The summed E-state index contributed by atoms with van der Waals surface area (Å²) in [4.78, 5) is 4.67. The highest BCUT2D eigenvalue weighted by Crippen LogP contribution is 2.35. The van der Waals surface area contributed by atoms with Gasteiger partial charge in [0.1, 0.15) is 0 Å². The molecule has 0 amide bonds. The minimum atomic E-state index is 0.704. The number of benzene rings is 2. The number of aryl methyl sites for hydroxylation is 1. The van der Waals surface area contributed by atoms with E-state index in [9.17, 15) is 0 Å². The summed E-state index contributed by atoms with van der Waals surface area (Å²) in [6.07, 6.45) is 0. The van der Waals surface area contributed by atoms with E-state index in [0.29, 0.717) is 5.02 Å². The van der Waals surface area contributed by atoms with E-state index in [1.807, 2.05) is 43.4 Å². The highest BCUT2D eigenvalue weighted by atomic mass is 35.5. The third-order valence-electron chi connectivity index (χ3n) is 3.68. The molecule has 4 rings (SSSR count). The fraction of sp³-hybridized carbons (Fsp3) is 0.0625. The van der Waals surface area contributed by atoms with Gasteiger partial charge in [-0.15, -0.1) is 0 Å². The molecule has 0 saturated heterocycles. The molecule has 0 spiro atoms. The Hall–Kier alpha value is -1.77. The Morgan fingerprint density at radius 3 is 2.55 bits per heavy atom. The fourth-order valence-corrected chi connectivity index (χ4v) is 3.13. The van der Waals surface area contributed by atoms with Crippen LogP contribution in [0, 0.1) is 0 Å². The molecule has 0 atom stereocenters. The van der Waals surface area contributed by atoms with Gasteiger partial charge in [0.05, 0.1) is 16.9 Å². The van der Waals surface area contributed by atoms with Gasteiger partial charge in [-0.05, 0) is 42.5 Å². The van der Waals surface area contributed by atoms with Crippen LogP contribution in [0.5, 0.6) is 0 Å². The molecule has 0 aromatic heterocycles. The van der Waals surface area contributed by atoms with Crippen LogP contribution in [0.15, 0.2) is 42.5 Å². The lowest BCUT2D eigenvalue weighted by Crippen LogP contribution is -1.98. The molecule has 0 radical (unpaired) electrons. The number of aromatic nitrogens is 2.